The summed E-state index contributed by atoms with van der Waals surface area (Å²) in [6.07, 6.45) is 6.92. The van der Waals surface area contributed by atoms with Crippen LogP contribution in [-0.4, -0.2) is 18.5 Å². The number of rotatable bonds is 6. The van der Waals surface area contributed by atoms with Gasteiger partial charge in [0.2, 0.25) is 5.91 Å². The van der Waals surface area contributed by atoms with Gasteiger partial charge in [-0.3, -0.25) is 4.79 Å². The largest absolute Gasteiger partial charge is 0.462 e. The Morgan fingerprint density at radius 1 is 1.29 bits per heavy atom. The van der Waals surface area contributed by atoms with Gasteiger partial charge in [-0.1, -0.05) is 43.7 Å². The number of amides is 1. The third kappa shape index (κ3) is 4.90. The van der Waals surface area contributed by atoms with Crippen molar-refractivity contribution in [3.05, 3.63) is 57.5 Å². The molecule has 0 bridgehead atoms. The second-order valence-corrected chi connectivity index (χ2v) is 8.53. The summed E-state index contributed by atoms with van der Waals surface area (Å²) in [6, 6.07) is 7.96. The average molecular weight is 398 g/mol. The number of carbonyl (C=O) groups excluding carboxylic acids is 2. The Hall–Kier alpha value is -2.40. The van der Waals surface area contributed by atoms with Crippen molar-refractivity contribution in [3.63, 3.8) is 0 Å². The Kier molecular flexibility index (Phi) is 6.68. The number of hydrogen-bond acceptors (Lipinski definition) is 4. The molecule has 4 nitrogen and oxygen atoms in total. The number of carbonyl (C=O) groups is 2. The van der Waals surface area contributed by atoms with Crippen LogP contribution in [0.3, 0.4) is 0 Å². The van der Waals surface area contributed by atoms with Gasteiger partial charge in [0.05, 0.1) is 12.2 Å². The summed E-state index contributed by atoms with van der Waals surface area (Å²) in [5.74, 6) is 0.0270. The number of ether oxygens (including phenoxy) is 1. The molecule has 0 saturated heterocycles. The van der Waals surface area contributed by atoms with Crippen LogP contribution in [0.4, 0.5) is 5.00 Å². The smallest absolute Gasteiger partial charge is 0.341 e. The van der Waals surface area contributed by atoms with E-state index in [1.807, 2.05) is 38.1 Å². The summed E-state index contributed by atoms with van der Waals surface area (Å²) in [5, 5.41) is 3.52. The zero-order chi connectivity index (χ0) is 20.1. The van der Waals surface area contributed by atoms with E-state index in [1.54, 1.807) is 6.08 Å². The van der Waals surface area contributed by atoms with E-state index < -0.39 is 0 Å². The van der Waals surface area contributed by atoms with E-state index in [0.717, 1.165) is 36.8 Å². The third-order valence-electron chi connectivity index (χ3n) is 4.89. The van der Waals surface area contributed by atoms with Crippen LogP contribution in [0.25, 0.3) is 6.08 Å². The standard InChI is InChI=1S/C23H27NO3S/c1-4-13-27-23(26)21-18-11-7-16(3)14-19(18)28-22(21)24-20(25)12-10-17-8-5-15(2)6-9-17/h5-6,8-10,12,16H,4,7,11,13-14H2,1-3H3,(H,24,25). The van der Waals surface area contributed by atoms with Gasteiger partial charge in [-0.15, -0.1) is 11.3 Å². The molecule has 1 heterocycles. The molecule has 0 saturated carbocycles. The highest BCUT2D eigenvalue weighted by atomic mass is 32.1. The fourth-order valence-corrected chi connectivity index (χ4v) is 4.73. The summed E-state index contributed by atoms with van der Waals surface area (Å²) in [5.41, 5.74) is 3.75. The molecule has 28 heavy (non-hydrogen) atoms. The van der Waals surface area contributed by atoms with Gasteiger partial charge < -0.3 is 10.1 Å². The van der Waals surface area contributed by atoms with E-state index in [0.29, 0.717) is 23.1 Å². The van der Waals surface area contributed by atoms with Gasteiger partial charge in [0, 0.05) is 11.0 Å². The van der Waals surface area contributed by atoms with Gasteiger partial charge in [-0.2, -0.15) is 0 Å². The van der Waals surface area contributed by atoms with E-state index >= 15 is 0 Å². The Labute approximate surface area is 170 Å². The van der Waals surface area contributed by atoms with Gasteiger partial charge in [0.25, 0.3) is 0 Å². The monoisotopic (exact) mass is 397 g/mol. The van der Waals surface area contributed by atoms with Crippen LogP contribution in [0.15, 0.2) is 30.3 Å². The van der Waals surface area contributed by atoms with Crippen LogP contribution in [0, 0.1) is 12.8 Å². The second kappa shape index (κ2) is 9.20. The van der Waals surface area contributed by atoms with E-state index in [4.69, 9.17) is 4.74 Å². The van der Waals surface area contributed by atoms with Crippen LogP contribution in [0.5, 0.6) is 0 Å². The first-order valence-electron chi connectivity index (χ1n) is 9.85. The van der Waals surface area contributed by atoms with Crippen molar-refractivity contribution >= 4 is 34.3 Å². The van der Waals surface area contributed by atoms with Gasteiger partial charge in [-0.25, -0.2) is 4.79 Å². The number of anilines is 1. The van der Waals surface area contributed by atoms with Crippen molar-refractivity contribution < 1.29 is 14.3 Å². The molecule has 3 rings (SSSR count). The van der Waals surface area contributed by atoms with Gasteiger partial charge in [-0.05, 0) is 55.7 Å². The maximum atomic E-state index is 12.6. The molecule has 0 radical (unpaired) electrons. The Morgan fingerprint density at radius 2 is 2.04 bits per heavy atom. The quantitative estimate of drug-likeness (QED) is 0.524. The summed E-state index contributed by atoms with van der Waals surface area (Å²) in [4.78, 5) is 26.3. The molecule has 0 spiro atoms. The molecular weight excluding hydrogens is 370 g/mol. The zero-order valence-electron chi connectivity index (χ0n) is 16.7. The number of benzene rings is 1. The summed E-state index contributed by atoms with van der Waals surface area (Å²) >= 11 is 1.51. The molecule has 5 heteroatoms. The molecule has 2 aromatic rings. The van der Waals surface area contributed by atoms with Crippen molar-refractivity contribution in [1.29, 1.82) is 0 Å². The fraction of sp³-hybridized carbons (Fsp3) is 0.391. The lowest BCUT2D eigenvalue weighted by Crippen LogP contribution is -2.16. The minimum Gasteiger partial charge on any atom is -0.462 e. The Morgan fingerprint density at radius 3 is 2.75 bits per heavy atom. The Balaban J connectivity index is 1.80. The third-order valence-corrected chi connectivity index (χ3v) is 6.06. The second-order valence-electron chi connectivity index (χ2n) is 7.43. The predicted octanol–water partition coefficient (Wildman–Crippen LogP) is 5.40. The SMILES string of the molecule is CCCOC(=O)c1c(NC(=O)C=Cc2ccc(C)cc2)sc2c1CCC(C)C2. The van der Waals surface area contributed by atoms with Crippen LogP contribution >= 0.6 is 11.3 Å². The highest BCUT2D eigenvalue weighted by Crippen LogP contribution is 2.40. The first kappa shape index (κ1) is 20.3. The molecule has 1 unspecified atom stereocenters. The van der Waals surface area contributed by atoms with Crippen molar-refractivity contribution in [2.45, 2.75) is 46.5 Å². The highest BCUT2D eigenvalue weighted by molar-refractivity contribution is 7.17. The van der Waals surface area contributed by atoms with Gasteiger partial charge in [0.15, 0.2) is 0 Å². The van der Waals surface area contributed by atoms with E-state index in [-0.39, 0.29) is 11.9 Å². The predicted molar refractivity (Wildman–Crippen MR) is 115 cm³/mol. The number of aryl methyl sites for hydroxylation is 1. The highest BCUT2D eigenvalue weighted by Gasteiger charge is 2.28. The number of nitrogens with one attached hydrogen (secondary N) is 1. The van der Waals surface area contributed by atoms with Crippen molar-refractivity contribution in [2.75, 3.05) is 11.9 Å². The summed E-state index contributed by atoms with van der Waals surface area (Å²) < 4.78 is 5.39. The van der Waals surface area contributed by atoms with Crippen molar-refractivity contribution in [2.24, 2.45) is 5.92 Å². The first-order valence-corrected chi connectivity index (χ1v) is 10.7. The molecule has 1 aromatic carbocycles. The van der Waals surface area contributed by atoms with E-state index in [2.05, 4.69) is 12.2 Å². The van der Waals surface area contributed by atoms with Crippen molar-refractivity contribution in [3.8, 4) is 0 Å². The number of thiophene rings is 1. The molecule has 0 aliphatic heterocycles. The number of fused-ring (bicyclic) bond motifs is 1. The normalized spacial score (nSPS) is 16.0. The molecule has 1 amide bonds. The summed E-state index contributed by atoms with van der Waals surface area (Å²) in [6.45, 7) is 6.61. The first-order chi connectivity index (χ1) is 13.5. The van der Waals surface area contributed by atoms with Crippen LogP contribution < -0.4 is 5.32 Å². The van der Waals surface area contributed by atoms with Crippen molar-refractivity contribution in [1.82, 2.24) is 0 Å². The molecule has 1 aromatic heterocycles. The van der Waals surface area contributed by atoms with Crippen LogP contribution in [0.2, 0.25) is 0 Å². The van der Waals surface area contributed by atoms with Crippen LogP contribution in [0.1, 0.15) is 58.6 Å². The molecule has 0 fully saturated rings. The lowest BCUT2D eigenvalue weighted by atomic mass is 9.88. The molecule has 1 aliphatic carbocycles. The molecule has 148 valence electrons. The number of esters is 1. The van der Waals surface area contributed by atoms with Crippen LogP contribution in [-0.2, 0) is 22.4 Å². The molecule has 1 aliphatic rings. The van der Waals surface area contributed by atoms with Gasteiger partial charge in [0.1, 0.15) is 5.00 Å². The lowest BCUT2D eigenvalue weighted by Gasteiger charge is -2.18. The van der Waals surface area contributed by atoms with E-state index in [1.165, 1.54) is 27.9 Å². The maximum absolute atomic E-state index is 12.6. The lowest BCUT2D eigenvalue weighted by molar-refractivity contribution is -0.111. The topological polar surface area (TPSA) is 55.4 Å². The molecule has 1 atom stereocenters. The number of hydrogen-bond donors (Lipinski definition) is 1. The molecule has 1 N–H and O–H groups in total. The van der Waals surface area contributed by atoms with E-state index in [9.17, 15) is 9.59 Å². The zero-order valence-corrected chi connectivity index (χ0v) is 17.5. The minimum absolute atomic E-state index is 0.239. The maximum Gasteiger partial charge on any atom is 0.341 e. The summed E-state index contributed by atoms with van der Waals surface area (Å²) in [7, 11) is 0. The minimum atomic E-state index is -0.327. The Bertz CT molecular complexity index is 880. The average Bonchev–Trinajstić information content (AvgIpc) is 3.02. The van der Waals surface area contributed by atoms with Gasteiger partial charge >= 0.3 is 5.97 Å². The fourth-order valence-electron chi connectivity index (χ4n) is 3.32. The molecular formula is C23H27NO3S.